The standard InChI is InChI=1S/C14H26N2O3/c1-5-18-10-6-9(7-10)15-11-8-12(11)16-13(17)19-14(2,3)4/h9-12,15H,5-8H2,1-4H3,(H,16,17). The third-order valence-corrected chi connectivity index (χ3v) is 3.44. The van der Waals surface area contributed by atoms with E-state index in [1.807, 2.05) is 27.7 Å². The summed E-state index contributed by atoms with van der Waals surface area (Å²) in [5.41, 5.74) is -0.430. The molecule has 0 aromatic rings. The number of hydrogen-bond donors (Lipinski definition) is 2. The number of nitrogens with one attached hydrogen (secondary N) is 2. The number of carbonyl (C=O) groups excluding carboxylic acids is 1. The second kappa shape index (κ2) is 5.67. The van der Waals surface area contributed by atoms with Crippen molar-refractivity contribution in [2.75, 3.05) is 6.61 Å². The summed E-state index contributed by atoms with van der Waals surface area (Å²) in [6, 6.07) is 1.17. The minimum atomic E-state index is -0.430. The summed E-state index contributed by atoms with van der Waals surface area (Å²) in [5, 5.41) is 6.44. The average molecular weight is 270 g/mol. The molecule has 0 radical (unpaired) electrons. The Morgan fingerprint density at radius 1 is 1.21 bits per heavy atom. The van der Waals surface area contributed by atoms with E-state index in [4.69, 9.17) is 9.47 Å². The maximum Gasteiger partial charge on any atom is 0.407 e. The topological polar surface area (TPSA) is 59.6 Å². The monoisotopic (exact) mass is 270 g/mol. The fourth-order valence-electron chi connectivity index (χ4n) is 2.37. The van der Waals surface area contributed by atoms with Gasteiger partial charge in [-0.25, -0.2) is 4.79 Å². The highest BCUT2D eigenvalue weighted by atomic mass is 16.6. The third kappa shape index (κ3) is 4.66. The minimum Gasteiger partial charge on any atom is -0.444 e. The Kier molecular flexibility index (Phi) is 4.36. The summed E-state index contributed by atoms with van der Waals surface area (Å²) in [7, 11) is 0. The molecule has 2 rings (SSSR count). The van der Waals surface area contributed by atoms with Crippen LogP contribution in [0.25, 0.3) is 0 Å². The maximum absolute atomic E-state index is 11.6. The molecule has 19 heavy (non-hydrogen) atoms. The highest BCUT2D eigenvalue weighted by Gasteiger charge is 2.42. The number of rotatable bonds is 5. The van der Waals surface area contributed by atoms with E-state index in [9.17, 15) is 4.79 Å². The van der Waals surface area contributed by atoms with E-state index in [0.29, 0.717) is 18.2 Å². The molecule has 0 spiro atoms. The Morgan fingerprint density at radius 2 is 1.89 bits per heavy atom. The molecule has 0 aromatic heterocycles. The van der Waals surface area contributed by atoms with Gasteiger partial charge in [0.1, 0.15) is 5.60 Å². The summed E-state index contributed by atoms with van der Waals surface area (Å²) in [6.07, 6.45) is 3.28. The first-order valence-corrected chi connectivity index (χ1v) is 7.24. The van der Waals surface area contributed by atoms with Crippen LogP contribution < -0.4 is 10.6 Å². The predicted molar refractivity (Wildman–Crippen MR) is 73.1 cm³/mol. The van der Waals surface area contributed by atoms with Gasteiger partial charge in [0.25, 0.3) is 0 Å². The van der Waals surface area contributed by atoms with Crippen molar-refractivity contribution >= 4 is 6.09 Å². The van der Waals surface area contributed by atoms with Crippen molar-refractivity contribution in [1.82, 2.24) is 10.6 Å². The summed E-state index contributed by atoms with van der Waals surface area (Å²) >= 11 is 0. The van der Waals surface area contributed by atoms with Crippen molar-refractivity contribution < 1.29 is 14.3 Å². The van der Waals surface area contributed by atoms with Gasteiger partial charge in [-0.2, -0.15) is 0 Å². The SMILES string of the molecule is CCOC1CC(NC2CC2NC(=O)OC(C)(C)C)C1. The average Bonchev–Trinajstić information content (AvgIpc) is 2.90. The number of amides is 1. The smallest absolute Gasteiger partial charge is 0.407 e. The number of carbonyl (C=O) groups is 1. The molecule has 0 heterocycles. The summed E-state index contributed by atoms with van der Waals surface area (Å²) in [6.45, 7) is 8.44. The molecule has 0 aliphatic heterocycles. The molecule has 2 fully saturated rings. The van der Waals surface area contributed by atoms with Gasteiger partial charge in [-0.1, -0.05) is 0 Å². The van der Waals surface area contributed by atoms with Gasteiger partial charge >= 0.3 is 6.09 Å². The molecule has 5 heteroatoms. The first-order chi connectivity index (χ1) is 8.87. The zero-order valence-corrected chi connectivity index (χ0v) is 12.4. The lowest BCUT2D eigenvalue weighted by molar-refractivity contribution is -0.0104. The lowest BCUT2D eigenvalue weighted by Crippen LogP contribution is -2.48. The summed E-state index contributed by atoms with van der Waals surface area (Å²) < 4.78 is 10.8. The number of alkyl carbamates (subject to hydrolysis) is 1. The van der Waals surface area contributed by atoms with E-state index in [1.54, 1.807) is 0 Å². The van der Waals surface area contributed by atoms with Crippen molar-refractivity contribution in [3.05, 3.63) is 0 Å². The van der Waals surface area contributed by atoms with Crippen molar-refractivity contribution in [3.8, 4) is 0 Å². The van der Waals surface area contributed by atoms with Gasteiger partial charge in [-0.15, -0.1) is 0 Å². The van der Waals surface area contributed by atoms with Crippen molar-refractivity contribution in [1.29, 1.82) is 0 Å². The van der Waals surface area contributed by atoms with Gasteiger partial charge < -0.3 is 20.1 Å². The Labute approximate surface area is 115 Å². The van der Waals surface area contributed by atoms with Crippen molar-refractivity contribution in [3.63, 3.8) is 0 Å². The summed E-state index contributed by atoms with van der Waals surface area (Å²) in [5.74, 6) is 0. The molecule has 0 bridgehead atoms. The van der Waals surface area contributed by atoms with E-state index in [0.717, 1.165) is 25.9 Å². The lowest BCUT2D eigenvalue weighted by atomic mass is 9.89. The maximum atomic E-state index is 11.6. The van der Waals surface area contributed by atoms with Crippen molar-refractivity contribution in [2.24, 2.45) is 0 Å². The molecule has 1 amide bonds. The molecule has 2 unspecified atom stereocenters. The summed E-state index contributed by atoms with van der Waals surface area (Å²) in [4.78, 5) is 11.6. The molecule has 0 aromatic carbocycles. The van der Waals surface area contributed by atoms with Crippen LogP contribution in [-0.4, -0.2) is 42.5 Å². The van der Waals surface area contributed by atoms with Crippen LogP contribution >= 0.6 is 0 Å². The Bertz CT molecular complexity index is 321. The Hall–Kier alpha value is -0.810. The van der Waals surface area contributed by atoms with E-state index in [-0.39, 0.29) is 12.1 Å². The molecular formula is C14H26N2O3. The fourth-order valence-corrected chi connectivity index (χ4v) is 2.37. The Balaban J connectivity index is 1.57. The van der Waals surface area contributed by atoms with E-state index in [1.165, 1.54) is 0 Å². The second-order valence-electron chi connectivity index (χ2n) is 6.51. The highest BCUT2D eigenvalue weighted by molar-refractivity contribution is 5.68. The van der Waals surface area contributed by atoms with Crippen LogP contribution in [0.4, 0.5) is 4.79 Å². The van der Waals surface area contributed by atoms with Gasteiger partial charge in [0.15, 0.2) is 0 Å². The minimum absolute atomic E-state index is 0.223. The first kappa shape index (κ1) is 14.6. The molecule has 2 N–H and O–H groups in total. The molecule has 110 valence electrons. The molecule has 2 atom stereocenters. The van der Waals surface area contributed by atoms with E-state index in [2.05, 4.69) is 10.6 Å². The second-order valence-corrected chi connectivity index (χ2v) is 6.51. The molecule has 2 aliphatic rings. The van der Waals surface area contributed by atoms with Crippen LogP contribution in [0, 0.1) is 0 Å². The molecule has 2 aliphatic carbocycles. The normalized spacial score (nSPS) is 33.5. The van der Waals surface area contributed by atoms with E-state index < -0.39 is 5.60 Å². The van der Waals surface area contributed by atoms with Crippen LogP contribution in [0.15, 0.2) is 0 Å². The van der Waals surface area contributed by atoms with Crippen LogP contribution in [0.3, 0.4) is 0 Å². The third-order valence-electron chi connectivity index (χ3n) is 3.44. The largest absolute Gasteiger partial charge is 0.444 e. The van der Waals surface area contributed by atoms with Crippen LogP contribution in [0.2, 0.25) is 0 Å². The van der Waals surface area contributed by atoms with Gasteiger partial charge in [-0.05, 0) is 47.0 Å². The van der Waals surface area contributed by atoms with Crippen LogP contribution in [0.1, 0.15) is 47.0 Å². The molecule has 0 saturated heterocycles. The lowest BCUT2D eigenvalue weighted by Gasteiger charge is -2.35. The molecular weight excluding hydrogens is 244 g/mol. The van der Waals surface area contributed by atoms with Gasteiger partial charge in [0.05, 0.1) is 6.10 Å². The zero-order valence-electron chi connectivity index (χ0n) is 12.4. The van der Waals surface area contributed by atoms with Gasteiger partial charge in [0, 0.05) is 24.7 Å². The number of hydrogen-bond acceptors (Lipinski definition) is 4. The zero-order chi connectivity index (χ0) is 14.0. The highest BCUT2D eigenvalue weighted by Crippen LogP contribution is 2.29. The van der Waals surface area contributed by atoms with Crippen molar-refractivity contribution in [2.45, 2.75) is 76.8 Å². The van der Waals surface area contributed by atoms with Crippen LogP contribution in [-0.2, 0) is 9.47 Å². The molecule has 5 nitrogen and oxygen atoms in total. The van der Waals surface area contributed by atoms with Crippen LogP contribution in [0.5, 0.6) is 0 Å². The number of ether oxygens (including phenoxy) is 2. The molecule has 2 saturated carbocycles. The first-order valence-electron chi connectivity index (χ1n) is 7.24. The Morgan fingerprint density at radius 3 is 2.47 bits per heavy atom. The predicted octanol–water partition coefficient (Wildman–Crippen LogP) is 1.81. The quantitative estimate of drug-likeness (QED) is 0.800. The van der Waals surface area contributed by atoms with Gasteiger partial charge in [0.2, 0.25) is 0 Å². The van der Waals surface area contributed by atoms with Gasteiger partial charge in [-0.3, -0.25) is 0 Å². The fraction of sp³-hybridized carbons (Fsp3) is 0.929. The van der Waals surface area contributed by atoms with E-state index >= 15 is 0 Å².